The predicted octanol–water partition coefficient (Wildman–Crippen LogP) is 0.616. The molecule has 1 unspecified atom stereocenters. The monoisotopic (exact) mass is 193 g/mol. The van der Waals surface area contributed by atoms with Crippen LogP contribution in [0.3, 0.4) is 0 Å². The molecule has 0 aliphatic rings. The van der Waals surface area contributed by atoms with Crippen LogP contribution in [0.25, 0.3) is 0 Å². The van der Waals surface area contributed by atoms with E-state index in [0.717, 1.165) is 6.07 Å². The van der Waals surface area contributed by atoms with E-state index in [4.69, 9.17) is 5.11 Å². The van der Waals surface area contributed by atoms with Crippen molar-refractivity contribution >= 4 is 5.82 Å². The Morgan fingerprint density at radius 1 is 1.69 bits per heavy atom. The second-order valence-electron chi connectivity index (χ2n) is 2.21. The minimum Gasteiger partial charge on any atom is -0.381 e. The third kappa shape index (κ3) is 1.96. The number of alkyl halides is 2. The Balaban J connectivity index is 2.85. The fourth-order valence-electron chi connectivity index (χ4n) is 0.701. The van der Waals surface area contributed by atoms with Gasteiger partial charge in [-0.15, -0.1) is 5.10 Å². The number of rotatable bonds is 3. The maximum atomic E-state index is 11.9. The van der Waals surface area contributed by atoms with Gasteiger partial charge in [-0.05, 0) is 4.92 Å². The van der Waals surface area contributed by atoms with Crippen molar-refractivity contribution in [1.29, 1.82) is 0 Å². The predicted molar refractivity (Wildman–Crippen MR) is 36.2 cm³/mol. The van der Waals surface area contributed by atoms with Crippen molar-refractivity contribution in [3.63, 3.8) is 0 Å². The highest BCUT2D eigenvalue weighted by atomic mass is 19.3. The number of nitro groups is 1. The van der Waals surface area contributed by atoms with Crippen LogP contribution in [0.5, 0.6) is 0 Å². The van der Waals surface area contributed by atoms with Crippen LogP contribution in [-0.4, -0.2) is 26.7 Å². The molecule has 1 aromatic heterocycles. The van der Waals surface area contributed by atoms with Crippen LogP contribution >= 0.6 is 0 Å². The molecule has 0 saturated heterocycles. The van der Waals surface area contributed by atoms with Crippen LogP contribution in [0.15, 0.2) is 6.07 Å². The number of nitrogens with one attached hydrogen (secondary N) is 1. The van der Waals surface area contributed by atoms with Gasteiger partial charge in [0.1, 0.15) is 5.69 Å². The van der Waals surface area contributed by atoms with Crippen LogP contribution in [0.4, 0.5) is 14.6 Å². The van der Waals surface area contributed by atoms with E-state index in [1.807, 2.05) is 5.10 Å². The molecule has 1 atom stereocenters. The van der Waals surface area contributed by atoms with Gasteiger partial charge in [0.2, 0.25) is 0 Å². The lowest BCUT2D eigenvalue weighted by Gasteiger charge is -2.02. The molecule has 0 aliphatic heterocycles. The summed E-state index contributed by atoms with van der Waals surface area (Å²) in [6, 6.07) is 0.761. The fourth-order valence-corrected chi connectivity index (χ4v) is 0.701. The van der Waals surface area contributed by atoms with E-state index in [9.17, 15) is 18.9 Å². The molecule has 0 saturated carbocycles. The van der Waals surface area contributed by atoms with E-state index in [1.165, 1.54) is 0 Å². The Morgan fingerprint density at radius 2 is 2.31 bits per heavy atom. The van der Waals surface area contributed by atoms with E-state index < -0.39 is 29.0 Å². The summed E-state index contributed by atoms with van der Waals surface area (Å²) in [4.78, 5) is 9.25. The van der Waals surface area contributed by atoms with Gasteiger partial charge in [-0.1, -0.05) is 5.10 Å². The molecule has 0 amide bonds. The van der Waals surface area contributed by atoms with Gasteiger partial charge >= 0.3 is 5.82 Å². The lowest BCUT2D eigenvalue weighted by Crippen LogP contribution is -2.08. The highest BCUT2D eigenvalue weighted by molar-refractivity contribution is 5.22. The molecule has 2 N–H and O–H groups in total. The van der Waals surface area contributed by atoms with Crippen molar-refractivity contribution in [2.24, 2.45) is 0 Å². The van der Waals surface area contributed by atoms with Crippen molar-refractivity contribution in [2.45, 2.75) is 12.5 Å². The lowest BCUT2D eigenvalue weighted by molar-refractivity contribution is -0.389. The molecule has 8 heteroatoms. The zero-order valence-corrected chi connectivity index (χ0v) is 6.15. The first-order valence-corrected chi connectivity index (χ1v) is 3.18. The Kier molecular flexibility index (Phi) is 2.52. The molecule has 6 nitrogen and oxygen atoms in total. The van der Waals surface area contributed by atoms with Gasteiger partial charge in [0, 0.05) is 0 Å². The van der Waals surface area contributed by atoms with Crippen molar-refractivity contribution < 1.29 is 18.8 Å². The third-order valence-corrected chi connectivity index (χ3v) is 1.32. The maximum Gasteiger partial charge on any atom is 0.342 e. The Labute approximate surface area is 70.3 Å². The SMILES string of the molecule is O=[N+]([O-])c1cc(C(O)C(F)F)n[nH]1. The first kappa shape index (κ1) is 9.52. The summed E-state index contributed by atoms with van der Waals surface area (Å²) in [6.07, 6.45) is -5.10. The van der Waals surface area contributed by atoms with E-state index in [0.29, 0.717) is 0 Å². The van der Waals surface area contributed by atoms with Gasteiger partial charge in [-0.3, -0.25) is 0 Å². The van der Waals surface area contributed by atoms with Crippen molar-refractivity contribution in [1.82, 2.24) is 10.2 Å². The number of nitrogens with zero attached hydrogens (tertiary/aromatic N) is 2. The average Bonchev–Trinajstić information content (AvgIpc) is 2.50. The van der Waals surface area contributed by atoms with Gasteiger partial charge in [0.15, 0.2) is 6.10 Å². The molecule has 0 spiro atoms. The van der Waals surface area contributed by atoms with E-state index in [1.54, 1.807) is 0 Å². The number of aromatic amines is 1. The lowest BCUT2D eigenvalue weighted by atomic mass is 10.3. The molecule has 1 heterocycles. The van der Waals surface area contributed by atoms with Gasteiger partial charge < -0.3 is 15.2 Å². The van der Waals surface area contributed by atoms with Crippen LogP contribution in [0.1, 0.15) is 11.8 Å². The van der Waals surface area contributed by atoms with E-state index in [-0.39, 0.29) is 0 Å². The van der Waals surface area contributed by atoms with Crippen LogP contribution in [-0.2, 0) is 0 Å². The highest BCUT2D eigenvalue weighted by Crippen LogP contribution is 2.20. The number of hydrogen-bond acceptors (Lipinski definition) is 4. The molecule has 13 heavy (non-hydrogen) atoms. The van der Waals surface area contributed by atoms with Gasteiger partial charge in [0.05, 0.1) is 6.07 Å². The molecule has 0 aromatic carbocycles. The molecule has 72 valence electrons. The average molecular weight is 193 g/mol. The Hall–Kier alpha value is -1.57. The molecule has 0 radical (unpaired) electrons. The number of halogens is 2. The van der Waals surface area contributed by atoms with E-state index in [2.05, 4.69) is 5.10 Å². The second kappa shape index (κ2) is 3.44. The quantitative estimate of drug-likeness (QED) is 0.543. The molecule has 0 bridgehead atoms. The first-order valence-electron chi connectivity index (χ1n) is 3.18. The number of hydrogen-bond donors (Lipinski definition) is 2. The highest BCUT2D eigenvalue weighted by Gasteiger charge is 2.24. The summed E-state index contributed by atoms with van der Waals surface area (Å²) in [5, 5.41) is 23.9. The molecular formula is C5H5F2N3O3. The summed E-state index contributed by atoms with van der Waals surface area (Å²) in [7, 11) is 0. The van der Waals surface area contributed by atoms with Crippen LogP contribution in [0, 0.1) is 10.1 Å². The largest absolute Gasteiger partial charge is 0.381 e. The normalized spacial score (nSPS) is 13.2. The minimum absolute atomic E-state index is 0.443. The molecule has 0 fully saturated rings. The van der Waals surface area contributed by atoms with E-state index >= 15 is 0 Å². The summed E-state index contributed by atoms with van der Waals surface area (Å²) >= 11 is 0. The van der Waals surface area contributed by atoms with Crippen LogP contribution < -0.4 is 0 Å². The van der Waals surface area contributed by atoms with Gasteiger partial charge in [-0.2, -0.15) is 0 Å². The van der Waals surface area contributed by atoms with Crippen LogP contribution in [0.2, 0.25) is 0 Å². The summed E-state index contributed by atoms with van der Waals surface area (Å²) in [5.41, 5.74) is -0.443. The number of aliphatic hydroxyl groups excluding tert-OH is 1. The first-order chi connectivity index (χ1) is 6.02. The maximum absolute atomic E-state index is 11.9. The zero-order valence-electron chi connectivity index (χ0n) is 6.15. The Morgan fingerprint density at radius 3 is 2.69 bits per heavy atom. The van der Waals surface area contributed by atoms with Gasteiger partial charge in [0.25, 0.3) is 6.43 Å². The standard InChI is InChI=1S/C5H5F2N3O3/c6-5(7)4(11)2-1-3(9-8-2)10(12)13/h1,4-5,11H,(H,8,9). The van der Waals surface area contributed by atoms with Crippen molar-refractivity contribution in [2.75, 3.05) is 0 Å². The summed E-state index contributed by atoms with van der Waals surface area (Å²) in [6.45, 7) is 0. The molecular weight excluding hydrogens is 188 g/mol. The fraction of sp³-hybridized carbons (Fsp3) is 0.400. The number of H-pyrrole nitrogens is 1. The molecule has 1 rings (SSSR count). The number of aliphatic hydroxyl groups is 1. The topological polar surface area (TPSA) is 92.1 Å². The van der Waals surface area contributed by atoms with Crippen molar-refractivity contribution in [3.8, 4) is 0 Å². The smallest absolute Gasteiger partial charge is 0.342 e. The second-order valence-corrected chi connectivity index (χ2v) is 2.21. The molecule has 1 aromatic rings. The zero-order chi connectivity index (χ0) is 10.0. The van der Waals surface area contributed by atoms with Gasteiger partial charge in [-0.25, -0.2) is 8.78 Å². The summed E-state index contributed by atoms with van der Waals surface area (Å²) in [5.74, 6) is -0.533. The van der Waals surface area contributed by atoms with Crippen molar-refractivity contribution in [3.05, 3.63) is 21.9 Å². The third-order valence-electron chi connectivity index (χ3n) is 1.32. The molecule has 0 aliphatic carbocycles. The summed E-state index contributed by atoms with van der Waals surface area (Å²) < 4.78 is 23.7. The number of aromatic nitrogens is 2. The minimum atomic E-state index is -3.01. The Bertz CT molecular complexity index is 314.